The van der Waals surface area contributed by atoms with Gasteiger partial charge < -0.3 is 9.88 Å². The van der Waals surface area contributed by atoms with Crippen molar-refractivity contribution in [2.24, 2.45) is 0 Å². The number of aryl methyl sites for hydroxylation is 2. The van der Waals surface area contributed by atoms with Gasteiger partial charge in [0.25, 0.3) is 5.91 Å². The second-order valence-corrected chi connectivity index (χ2v) is 7.41. The average Bonchev–Trinajstić information content (AvgIpc) is 3.06. The van der Waals surface area contributed by atoms with Crippen molar-refractivity contribution < 1.29 is 4.79 Å². The van der Waals surface area contributed by atoms with Crippen LogP contribution in [0.15, 0.2) is 72.8 Å². The molecular weight excluding hydrogens is 358 g/mol. The van der Waals surface area contributed by atoms with Crippen LogP contribution in [0, 0.1) is 13.8 Å². The quantitative estimate of drug-likeness (QED) is 0.526. The molecular formula is C25H25N3O. The summed E-state index contributed by atoms with van der Waals surface area (Å²) in [6.45, 7) is 5.38. The first-order chi connectivity index (χ1) is 14.1. The number of benzene rings is 3. The summed E-state index contributed by atoms with van der Waals surface area (Å²) in [6.07, 6.45) is 0.679. The molecule has 1 heterocycles. The molecule has 0 aliphatic carbocycles. The summed E-state index contributed by atoms with van der Waals surface area (Å²) in [5, 5.41) is 3.04. The Morgan fingerprint density at radius 1 is 0.966 bits per heavy atom. The van der Waals surface area contributed by atoms with Gasteiger partial charge in [-0.3, -0.25) is 4.79 Å². The molecule has 0 aliphatic rings. The summed E-state index contributed by atoms with van der Waals surface area (Å²) in [5.41, 5.74) is 6.31. The van der Waals surface area contributed by atoms with Gasteiger partial charge in [-0.1, -0.05) is 60.2 Å². The van der Waals surface area contributed by atoms with Gasteiger partial charge in [-0.15, -0.1) is 0 Å². The van der Waals surface area contributed by atoms with E-state index < -0.39 is 0 Å². The third kappa shape index (κ3) is 4.21. The number of imidazole rings is 1. The van der Waals surface area contributed by atoms with Gasteiger partial charge in [0.1, 0.15) is 5.82 Å². The van der Waals surface area contributed by atoms with Crippen molar-refractivity contribution >= 4 is 16.9 Å². The SMILES string of the molecule is Cc1cccc(Cn2c(CCNC(=O)c3ccccc3C)nc3ccccc32)c1. The van der Waals surface area contributed by atoms with E-state index in [4.69, 9.17) is 4.98 Å². The molecule has 0 radical (unpaired) electrons. The number of carbonyl (C=O) groups is 1. The number of hydrogen-bond acceptors (Lipinski definition) is 2. The van der Waals surface area contributed by atoms with E-state index in [1.165, 1.54) is 11.1 Å². The first-order valence-corrected chi connectivity index (χ1v) is 9.95. The fraction of sp³-hybridized carbons (Fsp3) is 0.200. The van der Waals surface area contributed by atoms with Crippen LogP contribution < -0.4 is 5.32 Å². The minimum absolute atomic E-state index is 0.0376. The molecule has 0 fully saturated rings. The predicted octanol–water partition coefficient (Wildman–Crippen LogP) is 4.67. The van der Waals surface area contributed by atoms with E-state index >= 15 is 0 Å². The lowest BCUT2D eigenvalue weighted by atomic mass is 10.1. The van der Waals surface area contributed by atoms with Crippen LogP contribution in [0.4, 0.5) is 0 Å². The largest absolute Gasteiger partial charge is 0.352 e. The molecule has 0 spiro atoms. The predicted molar refractivity (Wildman–Crippen MR) is 117 cm³/mol. The van der Waals surface area contributed by atoms with E-state index in [0.717, 1.165) is 34.5 Å². The summed E-state index contributed by atoms with van der Waals surface area (Å²) in [4.78, 5) is 17.3. The van der Waals surface area contributed by atoms with Gasteiger partial charge in [-0.05, 0) is 43.2 Å². The molecule has 146 valence electrons. The van der Waals surface area contributed by atoms with Gasteiger partial charge in [0.15, 0.2) is 0 Å². The maximum absolute atomic E-state index is 12.5. The molecule has 4 rings (SSSR count). The molecule has 1 amide bonds. The molecule has 3 aromatic carbocycles. The third-order valence-electron chi connectivity index (χ3n) is 5.18. The molecule has 29 heavy (non-hydrogen) atoms. The van der Waals surface area contributed by atoms with Crippen molar-refractivity contribution in [2.45, 2.75) is 26.8 Å². The second-order valence-electron chi connectivity index (χ2n) is 7.41. The Bertz CT molecular complexity index is 1160. The minimum atomic E-state index is -0.0376. The Morgan fingerprint density at radius 3 is 2.59 bits per heavy atom. The van der Waals surface area contributed by atoms with Crippen LogP contribution in [-0.4, -0.2) is 22.0 Å². The fourth-order valence-electron chi connectivity index (χ4n) is 3.70. The highest BCUT2D eigenvalue weighted by Gasteiger charge is 2.12. The highest BCUT2D eigenvalue weighted by molar-refractivity contribution is 5.95. The second kappa shape index (κ2) is 8.31. The third-order valence-corrected chi connectivity index (χ3v) is 5.18. The standard InChI is InChI=1S/C25H25N3O/c1-18-8-7-10-20(16-18)17-28-23-13-6-5-12-22(23)27-24(28)14-15-26-25(29)21-11-4-3-9-19(21)2/h3-13,16H,14-15,17H2,1-2H3,(H,26,29). The Morgan fingerprint density at radius 2 is 1.76 bits per heavy atom. The van der Waals surface area contributed by atoms with E-state index in [2.05, 4.69) is 47.1 Å². The van der Waals surface area contributed by atoms with Crippen LogP contribution in [0.3, 0.4) is 0 Å². The minimum Gasteiger partial charge on any atom is -0.352 e. The molecule has 4 heteroatoms. The number of amides is 1. The fourth-order valence-corrected chi connectivity index (χ4v) is 3.70. The van der Waals surface area contributed by atoms with Crippen molar-refractivity contribution in [2.75, 3.05) is 6.54 Å². The number of aromatic nitrogens is 2. The van der Waals surface area contributed by atoms with E-state index in [1.807, 2.05) is 49.4 Å². The maximum atomic E-state index is 12.5. The lowest BCUT2D eigenvalue weighted by Crippen LogP contribution is -2.27. The summed E-state index contributed by atoms with van der Waals surface area (Å²) in [6, 6.07) is 24.4. The topological polar surface area (TPSA) is 46.9 Å². The molecule has 1 aromatic heterocycles. The van der Waals surface area contributed by atoms with Crippen molar-refractivity contribution in [3.8, 4) is 0 Å². The van der Waals surface area contributed by atoms with Gasteiger partial charge in [0.05, 0.1) is 11.0 Å². The highest BCUT2D eigenvalue weighted by atomic mass is 16.1. The molecule has 4 aromatic rings. The van der Waals surface area contributed by atoms with Crippen LogP contribution >= 0.6 is 0 Å². The number of para-hydroxylation sites is 2. The summed E-state index contributed by atoms with van der Waals surface area (Å²) in [5.74, 6) is 0.947. The normalized spacial score (nSPS) is 11.0. The van der Waals surface area contributed by atoms with Crippen molar-refractivity contribution in [1.29, 1.82) is 0 Å². The summed E-state index contributed by atoms with van der Waals surface area (Å²) >= 11 is 0. The first kappa shape index (κ1) is 18.9. The molecule has 0 aliphatic heterocycles. The number of carbonyl (C=O) groups excluding carboxylic acids is 1. The number of nitrogens with zero attached hydrogens (tertiary/aromatic N) is 2. The van der Waals surface area contributed by atoms with Gasteiger partial charge in [0.2, 0.25) is 0 Å². The zero-order valence-electron chi connectivity index (χ0n) is 16.9. The van der Waals surface area contributed by atoms with E-state index in [1.54, 1.807) is 0 Å². The molecule has 0 bridgehead atoms. The van der Waals surface area contributed by atoms with Crippen LogP contribution in [0.5, 0.6) is 0 Å². The Hall–Kier alpha value is -3.40. The van der Waals surface area contributed by atoms with Gasteiger partial charge in [0, 0.05) is 25.1 Å². The van der Waals surface area contributed by atoms with Gasteiger partial charge >= 0.3 is 0 Å². The molecule has 0 saturated carbocycles. The lowest BCUT2D eigenvalue weighted by Gasteiger charge is -2.11. The van der Waals surface area contributed by atoms with Crippen molar-refractivity contribution in [3.63, 3.8) is 0 Å². The van der Waals surface area contributed by atoms with E-state index in [0.29, 0.717) is 13.0 Å². The van der Waals surface area contributed by atoms with Crippen LogP contribution in [0.25, 0.3) is 11.0 Å². The van der Waals surface area contributed by atoms with Crippen molar-refractivity contribution in [3.05, 3.63) is 101 Å². The van der Waals surface area contributed by atoms with Crippen LogP contribution in [0.1, 0.15) is 32.9 Å². The highest BCUT2D eigenvalue weighted by Crippen LogP contribution is 2.19. The van der Waals surface area contributed by atoms with E-state index in [9.17, 15) is 4.79 Å². The summed E-state index contributed by atoms with van der Waals surface area (Å²) < 4.78 is 2.25. The van der Waals surface area contributed by atoms with E-state index in [-0.39, 0.29) is 5.91 Å². The zero-order chi connectivity index (χ0) is 20.2. The van der Waals surface area contributed by atoms with Crippen molar-refractivity contribution in [1.82, 2.24) is 14.9 Å². The first-order valence-electron chi connectivity index (χ1n) is 9.95. The van der Waals surface area contributed by atoms with Crippen LogP contribution in [0.2, 0.25) is 0 Å². The smallest absolute Gasteiger partial charge is 0.251 e. The number of fused-ring (bicyclic) bond motifs is 1. The van der Waals surface area contributed by atoms with Gasteiger partial charge in [-0.25, -0.2) is 4.98 Å². The number of hydrogen-bond donors (Lipinski definition) is 1. The lowest BCUT2D eigenvalue weighted by molar-refractivity contribution is 0.0953. The molecule has 0 atom stereocenters. The zero-order valence-corrected chi connectivity index (χ0v) is 16.9. The molecule has 0 unspecified atom stereocenters. The monoisotopic (exact) mass is 383 g/mol. The molecule has 1 N–H and O–H groups in total. The number of nitrogens with one attached hydrogen (secondary N) is 1. The summed E-state index contributed by atoms with van der Waals surface area (Å²) in [7, 11) is 0. The molecule has 4 nitrogen and oxygen atoms in total. The Kier molecular flexibility index (Phi) is 5.43. The van der Waals surface area contributed by atoms with Crippen LogP contribution in [-0.2, 0) is 13.0 Å². The maximum Gasteiger partial charge on any atom is 0.251 e. The molecule has 0 saturated heterocycles. The van der Waals surface area contributed by atoms with Gasteiger partial charge in [-0.2, -0.15) is 0 Å². The average molecular weight is 383 g/mol. The Labute approximate surface area is 171 Å². The number of rotatable bonds is 6. The Balaban J connectivity index is 1.54.